The van der Waals surface area contributed by atoms with Crippen molar-refractivity contribution in [1.82, 2.24) is 10.2 Å². The van der Waals surface area contributed by atoms with Crippen molar-refractivity contribution in [2.75, 3.05) is 6.54 Å². The van der Waals surface area contributed by atoms with Gasteiger partial charge >= 0.3 is 0 Å². The Labute approximate surface area is 90.0 Å². The van der Waals surface area contributed by atoms with Gasteiger partial charge < -0.3 is 5.32 Å². The van der Waals surface area contributed by atoms with Crippen LogP contribution in [0.5, 0.6) is 0 Å². The topological polar surface area (TPSA) is 49.4 Å². The van der Waals surface area contributed by atoms with Crippen LogP contribution in [0.15, 0.2) is 0 Å². The Morgan fingerprint density at radius 1 is 1.27 bits per heavy atom. The Kier molecular flexibility index (Phi) is 3.05. The summed E-state index contributed by atoms with van der Waals surface area (Å²) < 4.78 is 0. The number of nitrogens with zero attached hydrogens (tertiary/aromatic N) is 1. The van der Waals surface area contributed by atoms with Gasteiger partial charge in [0.25, 0.3) is 0 Å². The van der Waals surface area contributed by atoms with Gasteiger partial charge in [-0.2, -0.15) is 0 Å². The van der Waals surface area contributed by atoms with Crippen LogP contribution in [0.1, 0.15) is 39.0 Å². The number of carbonyl (C=O) groups excluding carboxylic acids is 2. The van der Waals surface area contributed by atoms with Crippen LogP contribution < -0.4 is 5.32 Å². The Balaban J connectivity index is 2.09. The molecule has 2 aliphatic heterocycles. The zero-order valence-corrected chi connectivity index (χ0v) is 9.16. The lowest BCUT2D eigenvalue weighted by Gasteiger charge is -2.26. The molecule has 2 unspecified atom stereocenters. The van der Waals surface area contributed by atoms with E-state index >= 15 is 0 Å². The molecule has 0 aromatic heterocycles. The summed E-state index contributed by atoms with van der Waals surface area (Å²) in [6.45, 7) is 2.87. The molecule has 0 aromatic rings. The van der Waals surface area contributed by atoms with Crippen LogP contribution in [-0.4, -0.2) is 35.3 Å². The summed E-state index contributed by atoms with van der Waals surface area (Å²) in [5.74, 6) is 0.342. The van der Waals surface area contributed by atoms with Crippen LogP contribution in [-0.2, 0) is 9.59 Å². The first kappa shape index (κ1) is 10.6. The number of Topliss-reactive ketones (excluding diaryl/α,β-unsaturated/α-hetero) is 1. The average Bonchev–Trinajstić information content (AvgIpc) is 2.48. The second kappa shape index (κ2) is 4.31. The lowest BCUT2D eigenvalue weighted by molar-refractivity contribution is -0.122. The minimum atomic E-state index is -0.0434. The summed E-state index contributed by atoms with van der Waals surface area (Å²) in [5, 5.41) is 2.95. The molecule has 2 saturated heterocycles. The molecule has 2 heterocycles. The number of ketones is 1. The summed E-state index contributed by atoms with van der Waals surface area (Å²) in [7, 11) is 0. The molecule has 0 saturated carbocycles. The molecule has 2 aliphatic rings. The maximum atomic E-state index is 11.6. The summed E-state index contributed by atoms with van der Waals surface area (Å²) in [6.07, 6.45) is 4.17. The molecule has 84 valence electrons. The van der Waals surface area contributed by atoms with Gasteiger partial charge in [0.05, 0.1) is 12.2 Å². The maximum Gasteiger partial charge on any atom is 0.221 e. The van der Waals surface area contributed by atoms with E-state index in [1.807, 2.05) is 6.92 Å². The minimum Gasteiger partial charge on any atom is -0.340 e. The first-order valence-corrected chi connectivity index (χ1v) is 5.76. The summed E-state index contributed by atoms with van der Waals surface area (Å²) >= 11 is 0. The van der Waals surface area contributed by atoms with Gasteiger partial charge in [0, 0.05) is 19.4 Å². The molecule has 2 fully saturated rings. The van der Waals surface area contributed by atoms with Gasteiger partial charge in [0.15, 0.2) is 5.78 Å². The Bertz CT molecular complexity index is 278. The van der Waals surface area contributed by atoms with E-state index < -0.39 is 0 Å². The number of fused-ring (bicyclic) bond motifs is 1. The van der Waals surface area contributed by atoms with Crippen molar-refractivity contribution in [2.24, 2.45) is 0 Å². The zero-order valence-electron chi connectivity index (χ0n) is 9.16. The van der Waals surface area contributed by atoms with Crippen LogP contribution in [0.4, 0.5) is 0 Å². The van der Waals surface area contributed by atoms with Gasteiger partial charge in [-0.05, 0) is 19.8 Å². The van der Waals surface area contributed by atoms with Crippen molar-refractivity contribution in [1.29, 1.82) is 0 Å². The quantitative estimate of drug-likeness (QED) is 0.639. The zero-order chi connectivity index (χ0) is 10.8. The number of amides is 1. The molecule has 0 bridgehead atoms. The normalized spacial score (nSPS) is 33.9. The molecule has 2 rings (SSSR count). The van der Waals surface area contributed by atoms with Crippen LogP contribution in [0.3, 0.4) is 0 Å². The van der Waals surface area contributed by atoms with E-state index in [1.54, 1.807) is 0 Å². The number of rotatable bonds is 0. The predicted octanol–water partition coefficient (Wildman–Crippen LogP) is 0.666. The van der Waals surface area contributed by atoms with Crippen LogP contribution in [0.2, 0.25) is 0 Å². The number of hydrogen-bond acceptors (Lipinski definition) is 3. The third kappa shape index (κ3) is 2.20. The standard InChI is InChI=1S/C11H18N2O2/c1-8-9(14)7-10-12-11(15)5-3-2-4-6-13(8)10/h8,10H,2-7H2,1H3,(H,12,15). The van der Waals surface area contributed by atoms with Gasteiger partial charge in [-0.1, -0.05) is 6.42 Å². The number of hydrogen-bond donors (Lipinski definition) is 1. The molecule has 0 radical (unpaired) electrons. The van der Waals surface area contributed by atoms with Crippen molar-refractivity contribution in [3.05, 3.63) is 0 Å². The Morgan fingerprint density at radius 3 is 2.87 bits per heavy atom. The molecule has 1 amide bonds. The fourth-order valence-electron chi connectivity index (χ4n) is 2.43. The SMILES string of the molecule is CC1C(=O)CC2NC(=O)CCCCCN21. The molecule has 4 heteroatoms. The highest BCUT2D eigenvalue weighted by Gasteiger charge is 2.37. The lowest BCUT2D eigenvalue weighted by atomic mass is 10.1. The van der Waals surface area contributed by atoms with Gasteiger partial charge in [-0.25, -0.2) is 0 Å². The summed E-state index contributed by atoms with van der Waals surface area (Å²) in [4.78, 5) is 25.2. The largest absolute Gasteiger partial charge is 0.340 e. The minimum absolute atomic E-state index is 0.0200. The fourth-order valence-corrected chi connectivity index (χ4v) is 2.43. The van der Waals surface area contributed by atoms with Crippen LogP contribution in [0.25, 0.3) is 0 Å². The van der Waals surface area contributed by atoms with E-state index in [2.05, 4.69) is 10.2 Å². The van der Waals surface area contributed by atoms with E-state index in [-0.39, 0.29) is 23.9 Å². The molecule has 4 nitrogen and oxygen atoms in total. The third-order valence-electron chi connectivity index (χ3n) is 3.41. The highest BCUT2D eigenvalue weighted by atomic mass is 16.2. The second-order valence-electron chi connectivity index (χ2n) is 4.48. The maximum absolute atomic E-state index is 11.6. The van der Waals surface area contributed by atoms with Gasteiger partial charge in [0.2, 0.25) is 5.91 Å². The Hall–Kier alpha value is -0.900. The number of nitrogens with one attached hydrogen (secondary N) is 1. The highest BCUT2D eigenvalue weighted by molar-refractivity contribution is 5.87. The van der Waals surface area contributed by atoms with Crippen molar-refractivity contribution in [3.63, 3.8) is 0 Å². The molecule has 0 aromatic carbocycles. The van der Waals surface area contributed by atoms with Crippen molar-refractivity contribution >= 4 is 11.7 Å². The highest BCUT2D eigenvalue weighted by Crippen LogP contribution is 2.21. The van der Waals surface area contributed by atoms with Crippen molar-refractivity contribution in [3.8, 4) is 0 Å². The van der Waals surface area contributed by atoms with Gasteiger partial charge in [0.1, 0.15) is 0 Å². The van der Waals surface area contributed by atoms with Gasteiger partial charge in [-0.3, -0.25) is 14.5 Å². The third-order valence-corrected chi connectivity index (χ3v) is 3.41. The lowest BCUT2D eigenvalue weighted by Crippen LogP contribution is -2.46. The summed E-state index contributed by atoms with van der Waals surface area (Å²) in [6, 6.07) is -0.0200. The molecule has 15 heavy (non-hydrogen) atoms. The monoisotopic (exact) mass is 210 g/mol. The van der Waals surface area contributed by atoms with E-state index in [1.165, 1.54) is 0 Å². The van der Waals surface area contributed by atoms with Gasteiger partial charge in [-0.15, -0.1) is 0 Å². The number of carbonyl (C=O) groups is 2. The second-order valence-corrected chi connectivity index (χ2v) is 4.48. The molecule has 0 aliphatic carbocycles. The van der Waals surface area contributed by atoms with Crippen LogP contribution in [0, 0.1) is 0 Å². The van der Waals surface area contributed by atoms with Crippen molar-refractivity contribution in [2.45, 2.75) is 51.2 Å². The van der Waals surface area contributed by atoms with Crippen LogP contribution >= 0.6 is 0 Å². The first-order chi connectivity index (χ1) is 7.18. The molecule has 1 N–H and O–H groups in total. The molecule has 0 spiro atoms. The van der Waals surface area contributed by atoms with E-state index in [0.717, 1.165) is 25.8 Å². The van der Waals surface area contributed by atoms with Crippen molar-refractivity contribution < 1.29 is 9.59 Å². The van der Waals surface area contributed by atoms with E-state index in [4.69, 9.17) is 0 Å². The fraction of sp³-hybridized carbons (Fsp3) is 0.818. The van der Waals surface area contributed by atoms with E-state index in [0.29, 0.717) is 12.8 Å². The average molecular weight is 210 g/mol. The smallest absolute Gasteiger partial charge is 0.221 e. The van der Waals surface area contributed by atoms with E-state index in [9.17, 15) is 9.59 Å². The predicted molar refractivity (Wildman–Crippen MR) is 56.2 cm³/mol. The first-order valence-electron chi connectivity index (χ1n) is 5.76. The molecular formula is C11H18N2O2. The molecule has 2 atom stereocenters. The Morgan fingerprint density at radius 2 is 2.07 bits per heavy atom. The molecular weight excluding hydrogens is 192 g/mol. The summed E-state index contributed by atoms with van der Waals surface area (Å²) in [5.41, 5.74) is 0.